The molecule has 0 aliphatic carbocycles. The van der Waals surface area contributed by atoms with Crippen LogP contribution in [0.25, 0.3) is 0 Å². The van der Waals surface area contributed by atoms with Gasteiger partial charge in [0.05, 0.1) is 16.7 Å². The van der Waals surface area contributed by atoms with Gasteiger partial charge >= 0.3 is 0 Å². The fraction of sp³-hybridized carbons (Fsp3) is 0.333. The third-order valence-electron chi connectivity index (χ3n) is 3.14. The number of anilines is 1. The van der Waals surface area contributed by atoms with E-state index in [4.69, 9.17) is 5.73 Å². The molecule has 0 bridgehead atoms. The van der Waals surface area contributed by atoms with Gasteiger partial charge in [0.25, 0.3) is 11.6 Å². The lowest BCUT2D eigenvalue weighted by atomic mass is 10.1. The van der Waals surface area contributed by atoms with Gasteiger partial charge < -0.3 is 16.0 Å². The Morgan fingerprint density at radius 2 is 2.14 bits per heavy atom. The first kappa shape index (κ1) is 14.7. The van der Waals surface area contributed by atoms with E-state index >= 15 is 0 Å². The number of nitrogens with zero attached hydrogens (tertiary/aromatic N) is 2. The largest absolute Gasteiger partial charge is 0.396 e. The summed E-state index contributed by atoms with van der Waals surface area (Å²) in [6, 6.07) is 1.58. The summed E-state index contributed by atoms with van der Waals surface area (Å²) in [6.07, 6.45) is 0.107. The van der Waals surface area contributed by atoms with Crippen molar-refractivity contribution in [2.45, 2.75) is 6.42 Å². The quantitative estimate of drug-likeness (QED) is 0.461. The highest BCUT2D eigenvalue weighted by Crippen LogP contribution is 2.25. The molecule has 3 N–H and O–H groups in total. The van der Waals surface area contributed by atoms with Gasteiger partial charge in [0.2, 0.25) is 5.91 Å². The first-order valence-corrected chi connectivity index (χ1v) is 6.19. The number of amides is 2. The molecule has 9 heteroatoms. The maximum Gasteiger partial charge on any atom is 0.285 e. The van der Waals surface area contributed by atoms with Crippen LogP contribution in [0.3, 0.4) is 0 Å². The second kappa shape index (κ2) is 5.73. The van der Waals surface area contributed by atoms with E-state index in [2.05, 4.69) is 5.32 Å². The van der Waals surface area contributed by atoms with Gasteiger partial charge in [0.1, 0.15) is 5.56 Å². The van der Waals surface area contributed by atoms with Crippen molar-refractivity contribution in [3.05, 3.63) is 33.6 Å². The number of benzene rings is 1. The number of halogens is 1. The summed E-state index contributed by atoms with van der Waals surface area (Å²) in [5.74, 6) is -1.80. The highest BCUT2D eigenvalue weighted by Gasteiger charge is 2.28. The summed E-state index contributed by atoms with van der Waals surface area (Å²) in [4.78, 5) is 35.0. The predicted molar refractivity (Wildman–Crippen MR) is 71.0 cm³/mol. The molecular weight excluding hydrogens is 283 g/mol. The minimum absolute atomic E-state index is 0.107. The van der Waals surface area contributed by atoms with Crippen LogP contribution in [0.1, 0.15) is 16.8 Å². The smallest absolute Gasteiger partial charge is 0.285 e. The van der Waals surface area contributed by atoms with Gasteiger partial charge in [-0.15, -0.1) is 0 Å². The standard InChI is InChI=1S/C12H13FN4O4/c13-8-6-10(17(20)21)7(5-9(8)14)12(19)16-3-1-11(18)15-2-4-16/h5-6H,1-4,14H2,(H,15,18). The number of rotatable bonds is 2. The zero-order valence-corrected chi connectivity index (χ0v) is 11.0. The lowest BCUT2D eigenvalue weighted by Gasteiger charge is -2.19. The Balaban J connectivity index is 2.36. The number of nitro benzene ring substituents is 1. The maximum atomic E-state index is 13.3. The molecule has 0 radical (unpaired) electrons. The zero-order valence-electron chi connectivity index (χ0n) is 11.0. The van der Waals surface area contributed by atoms with E-state index in [0.717, 1.165) is 6.07 Å². The van der Waals surface area contributed by atoms with E-state index in [1.165, 1.54) is 4.90 Å². The van der Waals surface area contributed by atoms with E-state index in [-0.39, 0.29) is 43.2 Å². The molecule has 112 valence electrons. The lowest BCUT2D eigenvalue weighted by Crippen LogP contribution is -2.34. The van der Waals surface area contributed by atoms with Gasteiger partial charge in [-0.25, -0.2) is 4.39 Å². The first-order valence-electron chi connectivity index (χ1n) is 6.19. The molecule has 0 unspecified atom stereocenters. The van der Waals surface area contributed by atoms with E-state index in [1.807, 2.05) is 0 Å². The summed E-state index contributed by atoms with van der Waals surface area (Å²) in [5.41, 5.74) is 4.11. The summed E-state index contributed by atoms with van der Waals surface area (Å²) in [5, 5.41) is 13.5. The summed E-state index contributed by atoms with van der Waals surface area (Å²) >= 11 is 0. The number of nitro groups is 1. The van der Waals surface area contributed by atoms with Gasteiger partial charge in [0, 0.05) is 26.1 Å². The second-order valence-electron chi connectivity index (χ2n) is 4.54. The normalized spacial score (nSPS) is 15.3. The van der Waals surface area contributed by atoms with Crippen LogP contribution in [0.5, 0.6) is 0 Å². The van der Waals surface area contributed by atoms with Crippen molar-refractivity contribution in [2.75, 3.05) is 25.4 Å². The van der Waals surface area contributed by atoms with Crippen molar-refractivity contribution in [1.82, 2.24) is 10.2 Å². The highest BCUT2D eigenvalue weighted by molar-refractivity contribution is 5.99. The Morgan fingerprint density at radius 3 is 2.81 bits per heavy atom. The molecule has 1 aliphatic rings. The van der Waals surface area contributed by atoms with Crippen LogP contribution >= 0.6 is 0 Å². The van der Waals surface area contributed by atoms with Gasteiger partial charge in [-0.05, 0) is 6.07 Å². The number of nitrogens with two attached hydrogens (primary N) is 1. The number of nitrogens with one attached hydrogen (secondary N) is 1. The Hall–Kier alpha value is -2.71. The van der Waals surface area contributed by atoms with Crippen LogP contribution in [0, 0.1) is 15.9 Å². The fourth-order valence-corrected chi connectivity index (χ4v) is 2.04. The van der Waals surface area contributed by atoms with Crippen molar-refractivity contribution >= 4 is 23.2 Å². The average Bonchev–Trinajstić information content (AvgIpc) is 2.65. The zero-order chi connectivity index (χ0) is 15.6. The third-order valence-corrected chi connectivity index (χ3v) is 3.14. The Bertz CT molecular complexity index is 620. The molecule has 1 aromatic rings. The molecule has 0 aromatic heterocycles. The second-order valence-corrected chi connectivity index (χ2v) is 4.54. The van der Waals surface area contributed by atoms with Crippen LogP contribution in [0.2, 0.25) is 0 Å². The van der Waals surface area contributed by atoms with E-state index in [1.54, 1.807) is 0 Å². The van der Waals surface area contributed by atoms with E-state index in [9.17, 15) is 24.1 Å². The first-order chi connectivity index (χ1) is 9.90. The van der Waals surface area contributed by atoms with Crippen LogP contribution in [0.4, 0.5) is 15.8 Å². The van der Waals surface area contributed by atoms with Gasteiger partial charge in [-0.2, -0.15) is 0 Å². The van der Waals surface area contributed by atoms with Crippen LogP contribution in [-0.4, -0.2) is 41.3 Å². The van der Waals surface area contributed by atoms with Crippen LogP contribution < -0.4 is 11.1 Å². The monoisotopic (exact) mass is 296 g/mol. The minimum Gasteiger partial charge on any atom is -0.396 e. The Labute approximate surface area is 118 Å². The lowest BCUT2D eigenvalue weighted by molar-refractivity contribution is -0.385. The number of hydrogen-bond donors (Lipinski definition) is 2. The van der Waals surface area contributed by atoms with Crippen molar-refractivity contribution < 1.29 is 18.9 Å². The molecule has 0 saturated carbocycles. The number of hydrogen-bond acceptors (Lipinski definition) is 5. The molecule has 1 fully saturated rings. The summed E-state index contributed by atoms with van der Waals surface area (Å²) in [7, 11) is 0. The van der Waals surface area contributed by atoms with Crippen molar-refractivity contribution in [1.29, 1.82) is 0 Å². The molecule has 21 heavy (non-hydrogen) atoms. The molecule has 1 aliphatic heterocycles. The minimum atomic E-state index is -0.953. The molecule has 1 heterocycles. The van der Waals surface area contributed by atoms with Crippen molar-refractivity contribution in [2.24, 2.45) is 0 Å². The third kappa shape index (κ3) is 3.07. The molecule has 2 amide bonds. The van der Waals surface area contributed by atoms with E-state index < -0.39 is 22.3 Å². The highest BCUT2D eigenvalue weighted by atomic mass is 19.1. The Morgan fingerprint density at radius 1 is 1.43 bits per heavy atom. The number of nitrogen functional groups attached to an aromatic ring is 1. The summed E-state index contributed by atoms with van der Waals surface area (Å²) < 4.78 is 13.3. The molecule has 1 saturated heterocycles. The van der Waals surface area contributed by atoms with Crippen molar-refractivity contribution in [3.8, 4) is 0 Å². The number of carbonyl (C=O) groups excluding carboxylic acids is 2. The van der Waals surface area contributed by atoms with Crippen molar-refractivity contribution in [3.63, 3.8) is 0 Å². The van der Waals surface area contributed by atoms with Gasteiger partial charge in [0.15, 0.2) is 5.82 Å². The fourth-order valence-electron chi connectivity index (χ4n) is 2.04. The predicted octanol–water partition coefficient (Wildman–Crippen LogP) is 0.278. The van der Waals surface area contributed by atoms with Crippen LogP contribution in [0.15, 0.2) is 12.1 Å². The van der Waals surface area contributed by atoms with E-state index in [0.29, 0.717) is 6.07 Å². The maximum absolute atomic E-state index is 13.3. The molecular formula is C12H13FN4O4. The average molecular weight is 296 g/mol. The molecule has 8 nitrogen and oxygen atoms in total. The molecule has 0 spiro atoms. The van der Waals surface area contributed by atoms with Crippen LogP contribution in [-0.2, 0) is 4.79 Å². The molecule has 1 aromatic carbocycles. The van der Waals surface area contributed by atoms with Gasteiger partial charge in [-0.1, -0.05) is 0 Å². The Kier molecular flexibility index (Phi) is 4.01. The summed E-state index contributed by atoms with van der Waals surface area (Å²) in [6.45, 7) is 0.618. The van der Waals surface area contributed by atoms with Gasteiger partial charge in [-0.3, -0.25) is 19.7 Å². The number of carbonyl (C=O) groups is 2. The molecule has 0 atom stereocenters. The molecule has 2 rings (SSSR count). The topological polar surface area (TPSA) is 119 Å². The SMILES string of the molecule is Nc1cc(C(=O)N2CCNC(=O)CC2)c([N+](=O)[O-])cc1F.